The number of rotatable bonds is 10. The molecule has 1 saturated heterocycles. The Bertz CT molecular complexity index is 1200. The van der Waals surface area contributed by atoms with E-state index in [0.29, 0.717) is 41.9 Å². The molecular weight excluding hydrogens is 606 g/mol. The summed E-state index contributed by atoms with van der Waals surface area (Å²) in [6, 6.07) is 0. The predicted octanol–water partition coefficient (Wildman–Crippen LogP) is 2.34. The molecule has 0 spiro atoms. The van der Waals surface area contributed by atoms with E-state index in [2.05, 4.69) is 26.1 Å². The van der Waals surface area contributed by atoms with Gasteiger partial charge in [-0.15, -0.1) is 0 Å². The van der Waals surface area contributed by atoms with E-state index in [1.807, 2.05) is 0 Å². The molecule has 2 unspecified atom stereocenters. The Morgan fingerprint density at radius 3 is 2.33 bits per heavy atom. The first kappa shape index (κ1) is 35.0. The summed E-state index contributed by atoms with van der Waals surface area (Å²) in [7, 11) is -4.10. The normalized spacial score (nSPS) is 45.5. The number of hydrogen-bond acceptors (Lipinski definition) is 9. The van der Waals surface area contributed by atoms with Crippen molar-refractivity contribution in [1.82, 2.24) is 5.32 Å². The highest BCUT2D eigenvalue weighted by molar-refractivity contribution is 7.85. The second-order valence-corrected chi connectivity index (χ2v) is 16.9. The van der Waals surface area contributed by atoms with Crippen molar-refractivity contribution in [3.63, 3.8) is 0 Å². The second kappa shape index (κ2) is 13.3. The minimum atomic E-state index is -4.10. The number of aliphatic hydroxyl groups excluding tert-OH is 3. The van der Waals surface area contributed by atoms with Crippen LogP contribution >= 0.6 is 0 Å². The fraction of sp³-hybridized carbons (Fsp3) is 0.938. The summed E-state index contributed by atoms with van der Waals surface area (Å²) in [6.07, 6.45) is 2.41. The van der Waals surface area contributed by atoms with Gasteiger partial charge in [0.25, 0.3) is 10.1 Å². The number of fused-ring (bicyclic) bond motifs is 5. The quantitative estimate of drug-likeness (QED) is 0.149. The molecule has 0 radical (unpaired) electrons. The first-order chi connectivity index (χ1) is 21.0. The largest absolute Gasteiger partial charge is 0.479 e. The molecule has 1 amide bonds. The van der Waals surface area contributed by atoms with Gasteiger partial charge >= 0.3 is 5.97 Å². The van der Waals surface area contributed by atoms with E-state index in [-0.39, 0.29) is 29.4 Å². The maximum Gasteiger partial charge on any atom is 0.335 e. The minimum Gasteiger partial charge on any atom is -0.479 e. The third-order valence-electron chi connectivity index (χ3n) is 13.0. The Morgan fingerprint density at radius 2 is 1.64 bits per heavy atom. The van der Waals surface area contributed by atoms with E-state index in [9.17, 15) is 38.4 Å². The zero-order chi connectivity index (χ0) is 32.9. The number of carboxylic acid groups (broad SMARTS) is 1. The third-order valence-corrected chi connectivity index (χ3v) is 13.7. The van der Waals surface area contributed by atoms with Crippen LogP contribution in [0.25, 0.3) is 0 Å². The Hall–Kier alpha value is -1.35. The molecule has 258 valence electrons. The molecule has 5 rings (SSSR count). The molecule has 1 heterocycles. The highest BCUT2D eigenvalue weighted by atomic mass is 32.2. The van der Waals surface area contributed by atoms with Crippen LogP contribution in [0.1, 0.15) is 91.4 Å². The maximum absolute atomic E-state index is 12.3. The zero-order valence-electron chi connectivity index (χ0n) is 26.7. The number of aliphatic carboxylic acids is 1. The summed E-state index contributed by atoms with van der Waals surface area (Å²) in [4.78, 5) is 23.9. The van der Waals surface area contributed by atoms with Crippen molar-refractivity contribution >= 4 is 22.0 Å². The van der Waals surface area contributed by atoms with Crippen LogP contribution < -0.4 is 5.32 Å². The molecule has 4 aliphatic carbocycles. The first-order valence-electron chi connectivity index (χ1n) is 16.8. The molecule has 45 heavy (non-hydrogen) atoms. The van der Waals surface area contributed by atoms with Crippen LogP contribution in [-0.2, 0) is 29.2 Å². The second-order valence-electron chi connectivity index (χ2n) is 15.3. The number of aliphatic hydroxyl groups is 3. The SMILES string of the molecule is C[C@H](CCC(=O)NCCS(=O)(=O)O)[C@H]1CC[C@H]2[C@@H]3CC[C@@H]4C[C@H](O[C@@H]5O[C@H](C(=O)O)[C@@H](O)C(O)[C@H]5O)CC[C@]4(C)C3CC[C@]12C. The van der Waals surface area contributed by atoms with Crippen LogP contribution in [0.2, 0.25) is 0 Å². The van der Waals surface area contributed by atoms with Gasteiger partial charge in [-0.2, -0.15) is 8.42 Å². The highest BCUT2D eigenvalue weighted by Crippen LogP contribution is 2.68. The average Bonchev–Trinajstić information content (AvgIpc) is 3.32. The molecule has 0 aromatic heterocycles. The standard InChI is InChI=1S/C32H53NO11S/c1-17(4-9-24(34)33-14-15-45(40,41)42)21-7-8-22-20-6-5-18-16-19(10-12-31(18,2)23(20)11-13-32(21,22)3)43-30-27(37)25(35)26(36)28(44-30)29(38)39/h17-23,25-28,30,35-37H,4-16H2,1-3H3,(H,33,34)(H,38,39)(H,40,41,42)/t17-,18-,19-,20+,21-,22+,23?,25?,26+,27-,28+,30-,31+,32-/m1/s1. The van der Waals surface area contributed by atoms with Crippen molar-refractivity contribution in [2.24, 2.45) is 46.3 Å². The molecule has 5 fully saturated rings. The summed E-state index contributed by atoms with van der Waals surface area (Å²) in [5, 5.41) is 42.7. The molecule has 6 N–H and O–H groups in total. The number of carboxylic acids is 1. The Labute approximate surface area is 266 Å². The van der Waals surface area contributed by atoms with Gasteiger partial charge in [0.05, 0.1) is 11.9 Å². The number of nitrogens with one attached hydrogen (secondary N) is 1. The predicted molar refractivity (Wildman–Crippen MR) is 162 cm³/mol. The number of amides is 1. The Kier molecular flexibility index (Phi) is 10.3. The molecule has 13 heteroatoms. The highest BCUT2D eigenvalue weighted by Gasteiger charge is 2.61. The maximum atomic E-state index is 12.3. The van der Waals surface area contributed by atoms with E-state index in [1.165, 1.54) is 12.8 Å². The zero-order valence-corrected chi connectivity index (χ0v) is 27.5. The molecule has 0 bridgehead atoms. The molecule has 0 aromatic rings. The van der Waals surface area contributed by atoms with Gasteiger partial charge in [0.15, 0.2) is 12.4 Å². The lowest BCUT2D eigenvalue weighted by molar-refractivity contribution is -0.309. The minimum absolute atomic E-state index is 0.0836. The van der Waals surface area contributed by atoms with Crippen LogP contribution in [0.5, 0.6) is 0 Å². The van der Waals surface area contributed by atoms with Crippen LogP contribution in [0.4, 0.5) is 0 Å². The lowest BCUT2D eigenvalue weighted by atomic mass is 9.44. The summed E-state index contributed by atoms with van der Waals surface area (Å²) < 4.78 is 42.2. The monoisotopic (exact) mass is 659 g/mol. The van der Waals surface area contributed by atoms with Gasteiger partial charge < -0.3 is 35.2 Å². The molecule has 5 aliphatic rings. The number of ether oxygens (including phenoxy) is 2. The van der Waals surface area contributed by atoms with Gasteiger partial charge in [-0.3, -0.25) is 9.35 Å². The topological polar surface area (TPSA) is 200 Å². The molecule has 14 atom stereocenters. The van der Waals surface area contributed by atoms with Crippen LogP contribution in [0, 0.1) is 46.3 Å². The van der Waals surface area contributed by atoms with Gasteiger partial charge in [-0.25, -0.2) is 4.79 Å². The lowest BCUT2D eigenvalue weighted by Crippen LogP contribution is -2.61. The van der Waals surface area contributed by atoms with Gasteiger partial charge in [-0.1, -0.05) is 20.8 Å². The first-order valence-corrected chi connectivity index (χ1v) is 18.5. The van der Waals surface area contributed by atoms with Gasteiger partial charge in [0.2, 0.25) is 5.91 Å². The average molecular weight is 660 g/mol. The van der Waals surface area contributed by atoms with Crippen molar-refractivity contribution in [3.8, 4) is 0 Å². The summed E-state index contributed by atoms with van der Waals surface area (Å²) >= 11 is 0. The molecule has 4 saturated carbocycles. The van der Waals surface area contributed by atoms with Gasteiger partial charge in [-0.05, 0) is 111 Å². The van der Waals surface area contributed by atoms with Gasteiger partial charge in [0.1, 0.15) is 18.3 Å². The number of carbonyl (C=O) groups is 2. The van der Waals surface area contributed by atoms with Gasteiger partial charge in [0, 0.05) is 13.0 Å². The van der Waals surface area contributed by atoms with E-state index < -0.39 is 52.5 Å². The van der Waals surface area contributed by atoms with Crippen molar-refractivity contribution < 1.29 is 52.5 Å². The van der Waals surface area contributed by atoms with E-state index >= 15 is 0 Å². The summed E-state index contributed by atoms with van der Waals surface area (Å²) in [5.41, 5.74) is 0.394. The van der Waals surface area contributed by atoms with E-state index in [1.54, 1.807) is 0 Å². The number of hydrogen-bond donors (Lipinski definition) is 6. The third kappa shape index (κ3) is 6.96. The fourth-order valence-electron chi connectivity index (χ4n) is 10.6. The number of carbonyl (C=O) groups excluding carboxylic acids is 1. The van der Waals surface area contributed by atoms with Crippen LogP contribution in [0.15, 0.2) is 0 Å². The van der Waals surface area contributed by atoms with Crippen molar-refractivity contribution in [1.29, 1.82) is 0 Å². The summed E-state index contributed by atoms with van der Waals surface area (Å²) in [5.74, 6) is 1.18. The molecule has 0 aromatic carbocycles. The molecular formula is C32H53NO11S. The summed E-state index contributed by atoms with van der Waals surface area (Å²) in [6.45, 7) is 7.08. The van der Waals surface area contributed by atoms with Crippen molar-refractivity contribution in [3.05, 3.63) is 0 Å². The molecule has 12 nitrogen and oxygen atoms in total. The van der Waals surface area contributed by atoms with E-state index in [4.69, 9.17) is 14.0 Å². The van der Waals surface area contributed by atoms with Crippen LogP contribution in [0.3, 0.4) is 0 Å². The Balaban J connectivity index is 1.16. The van der Waals surface area contributed by atoms with E-state index in [0.717, 1.165) is 51.4 Å². The Morgan fingerprint density at radius 1 is 0.956 bits per heavy atom. The fourth-order valence-corrected chi connectivity index (χ4v) is 11.0. The molecule has 1 aliphatic heterocycles. The van der Waals surface area contributed by atoms with Crippen molar-refractivity contribution in [2.45, 2.75) is 128 Å². The van der Waals surface area contributed by atoms with Crippen molar-refractivity contribution in [2.75, 3.05) is 12.3 Å². The smallest absolute Gasteiger partial charge is 0.335 e. The lowest BCUT2D eigenvalue weighted by Gasteiger charge is -2.61. The van der Waals surface area contributed by atoms with Crippen LogP contribution in [-0.4, -0.2) is 94.4 Å².